The van der Waals surface area contributed by atoms with Crippen LogP contribution in [0, 0.1) is 6.92 Å². The minimum atomic E-state index is -0.373. The number of ether oxygens (including phenoxy) is 1. The van der Waals surface area contributed by atoms with E-state index in [1.54, 1.807) is 12.1 Å². The number of benzene rings is 2. The number of hydrogen-bond acceptors (Lipinski definition) is 5. The lowest BCUT2D eigenvalue weighted by atomic mass is 10.0. The lowest BCUT2D eigenvalue weighted by molar-refractivity contribution is 0.0600. The minimum absolute atomic E-state index is 0.130. The van der Waals surface area contributed by atoms with Crippen LogP contribution in [0.4, 0.5) is 0 Å². The molecule has 0 radical (unpaired) electrons. The Morgan fingerprint density at radius 2 is 1.82 bits per heavy atom. The molecule has 0 aliphatic carbocycles. The van der Waals surface area contributed by atoms with Gasteiger partial charge in [0.15, 0.2) is 0 Å². The molecule has 5 nitrogen and oxygen atoms in total. The molecule has 4 rings (SSSR count). The third kappa shape index (κ3) is 3.34. The number of rotatable bonds is 4. The number of aromatic amines is 1. The number of thiophene rings is 1. The molecule has 140 valence electrons. The van der Waals surface area contributed by atoms with Gasteiger partial charge in [-0.05, 0) is 30.2 Å². The number of aromatic nitrogens is 2. The second-order valence-electron chi connectivity index (χ2n) is 6.46. The van der Waals surface area contributed by atoms with Crippen LogP contribution >= 0.6 is 11.3 Å². The van der Waals surface area contributed by atoms with E-state index in [0.717, 1.165) is 26.4 Å². The van der Waals surface area contributed by atoms with Crippen molar-refractivity contribution in [2.24, 2.45) is 0 Å². The van der Waals surface area contributed by atoms with Crippen LogP contribution in [0.15, 0.2) is 59.4 Å². The van der Waals surface area contributed by atoms with Gasteiger partial charge in [0.25, 0.3) is 5.56 Å². The average Bonchev–Trinajstić information content (AvgIpc) is 3.05. The van der Waals surface area contributed by atoms with Crippen molar-refractivity contribution in [3.63, 3.8) is 0 Å². The summed E-state index contributed by atoms with van der Waals surface area (Å²) in [6.45, 7) is 2.01. The Bertz CT molecular complexity index is 1210. The van der Waals surface area contributed by atoms with Gasteiger partial charge < -0.3 is 9.72 Å². The maximum absolute atomic E-state index is 12.8. The van der Waals surface area contributed by atoms with Crippen LogP contribution in [0.5, 0.6) is 0 Å². The Balaban J connectivity index is 1.71. The Hall–Kier alpha value is -3.25. The van der Waals surface area contributed by atoms with Gasteiger partial charge in [0.05, 0.1) is 18.1 Å². The molecule has 2 aromatic heterocycles. The van der Waals surface area contributed by atoms with Gasteiger partial charge in [0, 0.05) is 16.9 Å². The number of esters is 1. The highest BCUT2D eigenvalue weighted by Crippen LogP contribution is 2.35. The molecule has 0 aliphatic rings. The molecule has 0 saturated carbocycles. The predicted octanol–water partition coefficient (Wildman–Crippen LogP) is 4.34. The van der Waals surface area contributed by atoms with Gasteiger partial charge in [0.2, 0.25) is 0 Å². The van der Waals surface area contributed by atoms with Crippen molar-refractivity contribution in [2.75, 3.05) is 7.11 Å². The molecular weight excluding hydrogens is 372 g/mol. The number of carbonyl (C=O) groups excluding carboxylic acids is 1. The zero-order valence-electron chi connectivity index (χ0n) is 15.5. The highest BCUT2D eigenvalue weighted by atomic mass is 32.1. The van der Waals surface area contributed by atoms with E-state index in [2.05, 4.69) is 9.97 Å². The summed E-state index contributed by atoms with van der Waals surface area (Å²) in [7, 11) is 1.35. The summed E-state index contributed by atoms with van der Waals surface area (Å²) in [5.41, 5.74) is 3.28. The van der Waals surface area contributed by atoms with Crippen molar-refractivity contribution in [3.05, 3.63) is 86.8 Å². The van der Waals surface area contributed by atoms with Crippen molar-refractivity contribution >= 4 is 27.5 Å². The molecule has 0 fully saturated rings. The highest BCUT2D eigenvalue weighted by Gasteiger charge is 2.16. The quantitative estimate of drug-likeness (QED) is 0.526. The van der Waals surface area contributed by atoms with E-state index < -0.39 is 0 Å². The fourth-order valence-electron chi connectivity index (χ4n) is 3.27. The fourth-order valence-corrected chi connectivity index (χ4v) is 4.33. The van der Waals surface area contributed by atoms with Crippen LogP contribution in [0.1, 0.15) is 26.6 Å². The smallest absolute Gasteiger partial charge is 0.337 e. The maximum atomic E-state index is 12.8. The third-order valence-electron chi connectivity index (χ3n) is 4.60. The lowest BCUT2D eigenvalue weighted by Crippen LogP contribution is -2.12. The Morgan fingerprint density at radius 3 is 2.50 bits per heavy atom. The van der Waals surface area contributed by atoms with E-state index in [1.807, 2.05) is 49.4 Å². The minimum Gasteiger partial charge on any atom is -0.465 e. The zero-order chi connectivity index (χ0) is 19.7. The molecule has 6 heteroatoms. The first kappa shape index (κ1) is 18.1. The van der Waals surface area contributed by atoms with Crippen LogP contribution in [0.3, 0.4) is 0 Å². The molecule has 2 aromatic carbocycles. The van der Waals surface area contributed by atoms with E-state index in [-0.39, 0.29) is 11.5 Å². The Kier molecular flexibility index (Phi) is 4.79. The molecule has 0 atom stereocenters. The summed E-state index contributed by atoms with van der Waals surface area (Å²) in [6, 6.07) is 17.0. The first-order chi connectivity index (χ1) is 13.6. The van der Waals surface area contributed by atoms with Gasteiger partial charge >= 0.3 is 5.97 Å². The average molecular weight is 390 g/mol. The third-order valence-corrected chi connectivity index (χ3v) is 5.60. The number of nitrogens with zero attached hydrogens (tertiary/aromatic N) is 1. The zero-order valence-corrected chi connectivity index (χ0v) is 16.3. The maximum Gasteiger partial charge on any atom is 0.337 e. The van der Waals surface area contributed by atoms with E-state index in [0.29, 0.717) is 23.2 Å². The molecule has 1 N–H and O–H groups in total. The molecule has 28 heavy (non-hydrogen) atoms. The topological polar surface area (TPSA) is 72.0 Å². The summed E-state index contributed by atoms with van der Waals surface area (Å²) in [5, 5.41) is 0.637. The van der Waals surface area contributed by atoms with Gasteiger partial charge in [-0.15, -0.1) is 11.3 Å². The van der Waals surface area contributed by atoms with Crippen LogP contribution < -0.4 is 5.56 Å². The number of methoxy groups -OCH3 is 1. The van der Waals surface area contributed by atoms with Gasteiger partial charge in [-0.1, -0.05) is 42.5 Å². The number of aryl methyl sites for hydroxylation is 1. The SMILES string of the molecule is COC(=O)c1ccc(Cc2nc3sc(C)c(-c4ccccc4)c3c(=O)[nH]2)cc1. The van der Waals surface area contributed by atoms with Crippen molar-refractivity contribution < 1.29 is 9.53 Å². The summed E-state index contributed by atoms with van der Waals surface area (Å²) < 4.78 is 4.71. The second-order valence-corrected chi connectivity index (χ2v) is 7.66. The highest BCUT2D eigenvalue weighted by molar-refractivity contribution is 7.19. The van der Waals surface area contributed by atoms with Gasteiger partial charge in [-0.3, -0.25) is 4.79 Å². The van der Waals surface area contributed by atoms with Crippen molar-refractivity contribution in [2.45, 2.75) is 13.3 Å². The van der Waals surface area contributed by atoms with Crippen molar-refractivity contribution in [1.82, 2.24) is 9.97 Å². The summed E-state index contributed by atoms with van der Waals surface area (Å²) >= 11 is 1.53. The number of hydrogen-bond donors (Lipinski definition) is 1. The molecule has 0 aliphatic heterocycles. The van der Waals surface area contributed by atoms with Crippen LogP contribution in [0.2, 0.25) is 0 Å². The van der Waals surface area contributed by atoms with Crippen LogP contribution in [-0.2, 0) is 11.2 Å². The molecular formula is C22H18N2O3S. The predicted molar refractivity (Wildman–Crippen MR) is 111 cm³/mol. The molecule has 0 saturated heterocycles. The largest absolute Gasteiger partial charge is 0.465 e. The van der Waals surface area contributed by atoms with Crippen molar-refractivity contribution in [3.8, 4) is 11.1 Å². The van der Waals surface area contributed by atoms with Gasteiger partial charge in [0.1, 0.15) is 10.7 Å². The van der Waals surface area contributed by atoms with E-state index in [1.165, 1.54) is 18.4 Å². The molecule has 4 aromatic rings. The van der Waals surface area contributed by atoms with Gasteiger partial charge in [-0.2, -0.15) is 0 Å². The molecule has 0 unspecified atom stereocenters. The molecule has 0 spiro atoms. The molecule has 2 heterocycles. The molecule has 0 bridgehead atoms. The standard InChI is InChI=1S/C22H18N2O3S/c1-13-18(15-6-4-3-5-7-15)19-20(25)23-17(24-21(19)28-13)12-14-8-10-16(11-9-14)22(26)27-2/h3-11H,12H2,1-2H3,(H,23,24,25). The van der Waals surface area contributed by atoms with Gasteiger partial charge in [-0.25, -0.2) is 9.78 Å². The summed E-state index contributed by atoms with van der Waals surface area (Å²) in [4.78, 5) is 33.8. The number of H-pyrrole nitrogens is 1. The number of nitrogens with one attached hydrogen (secondary N) is 1. The first-order valence-corrected chi connectivity index (χ1v) is 9.63. The van der Waals surface area contributed by atoms with E-state index in [9.17, 15) is 9.59 Å². The second kappa shape index (κ2) is 7.40. The number of fused-ring (bicyclic) bond motifs is 1. The fraction of sp³-hybridized carbons (Fsp3) is 0.136. The lowest BCUT2D eigenvalue weighted by Gasteiger charge is -2.04. The van der Waals surface area contributed by atoms with E-state index >= 15 is 0 Å². The van der Waals surface area contributed by atoms with Crippen LogP contribution in [0.25, 0.3) is 21.3 Å². The first-order valence-electron chi connectivity index (χ1n) is 8.82. The van der Waals surface area contributed by atoms with E-state index in [4.69, 9.17) is 4.74 Å². The van der Waals surface area contributed by atoms with Crippen LogP contribution in [-0.4, -0.2) is 23.0 Å². The Morgan fingerprint density at radius 1 is 1.11 bits per heavy atom. The van der Waals surface area contributed by atoms with Crippen molar-refractivity contribution in [1.29, 1.82) is 0 Å². The normalized spacial score (nSPS) is 10.9. The number of carbonyl (C=O) groups is 1. The monoisotopic (exact) mass is 390 g/mol. The summed E-state index contributed by atoms with van der Waals surface area (Å²) in [6.07, 6.45) is 0.476. The Labute approximate surface area is 165 Å². The molecule has 0 amide bonds. The summed E-state index contributed by atoms with van der Waals surface area (Å²) in [5.74, 6) is 0.228.